The highest BCUT2D eigenvalue weighted by Gasteiger charge is 2.29. The molecule has 1 fully saturated rings. The summed E-state index contributed by atoms with van der Waals surface area (Å²) in [4.78, 5) is 0. The summed E-state index contributed by atoms with van der Waals surface area (Å²) < 4.78 is 12.8. The number of benzene rings is 1. The van der Waals surface area contributed by atoms with Crippen LogP contribution in [0.5, 0.6) is 0 Å². The molecule has 0 N–H and O–H groups in total. The average molecular weight is 272 g/mol. The van der Waals surface area contributed by atoms with Crippen molar-refractivity contribution in [3.05, 3.63) is 35.6 Å². The van der Waals surface area contributed by atoms with E-state index in [1.54, 1.807) is 12.1 Å². The van der Waals surface area contributed by atoms with Crippen molar-refractivity contribution in [2.24, 2.45) is 17.3 Å². The van der Waals surface area contributed by atoms with Crippen LogP contribution in [0.15, 0.2) is 24.3 Å². The third kappa shape index (κ3) is 4.37. The van der Waals surface area contributed by atoms with Gasteiger partial charge in [0.05, 0.1) is 0 Å². The maximum Gasteiger partial charge on any atom is 0.123 e. The van der Waals surface area contributed by atoms with Gasteiger partial charge in [-0.15, -0.1) is 0 Å². The minimum Gasteiger partial charge on any atom is -0.207 e. The minimum absolute atomic E-state index is 0.198. The van der Waals surface area contributed by atoms with E-state index in [4.69, 9.17) is 0 Å². The first kappa shape index (κ1) is 15.1. The fraction of sp³-hybridized carbons (Fsp3) is 0.579. The maximum atomic E-state index is 12.8. The van der Waals surface area contributed by atoms with E-state index < -0.39 is 0 Å². The van der Waals surface area contributed by atoms with Crippen LogP contribution in [-0.2, 0) is 0 Å². The molecule has 0 saturated heterocycles. The largest absolute Gasteiger partial charge is 0.207 e. The molecule has 0 heterocycles. The van der Waals surface area contributed by atoms with Crippen LogP contribution in [0.25, 0.3) is 0 Å². The second-order valence-electron chi connectivity index (χ2n) is 7.10. The molecular weight excluding hydrogens is 247 g/mol. The predicted molar refractivity (Wildman–Crippen MR) is 82.8 cm³/mol. The minimum atomic E-state index is -0.198. The summed E-state index contributed by atoms with van der Waals surface area (Å²) in [5.74, 6) is 7.83. The van der Waals surface area contributed by atoms with E-state index in [9.17, 15) is 4.39 Å². The van der Waals surface area contributed by atoms with Crippen molar-refractivity contribution in [1.29, 1.82) is 0 Å². The van der Waals surface area contributed by atoms with Crippen molar-refractivity contribution in [3.63, 3.8) is 0 Å². The quantitative estimate of drug-likeness (QED) is 0.599. The molecule has 0 nitrogen and oxygen atoms in total. The molecule has 1 aliphatic rings. The summed E-state index contributed by atoms with van der Waals surface area (Å²) in [5, 5.41) is 0. The normalized spacial score (nSPS) is 23.0. The molecule has 0 amide bonds. The van der Waals surface area contributed by atoms with Crippen molar-refractivity contribution in [2.45, 2.75) is 52.9 Å². The van der Waals surface area contributed by atoms with Gasteiger partial charge in [-0.25, -0.2) is 4.39 Å². The Hall–Kier alpha value is -1.29. The second-order valence-corrected chi connectivity index (χ2v) is 7.10. The van der Waals surface area contributed by atoms with Crippen LogP contribution >= 0.6 is 0 Å². The summed E-state index contributed by atoms with van der Waals surface area (Å²) in [6.07, 6.45) is 6.27. The first-order valence-corrected chi connectivity index (χ1v) is 7.69. The molecule has 108 valence electrons. The van der Waals surface area contributed by atoms with Crippen LogP contribution in [0.1, 0.15) is 58.4 Å². The van der Waals surface area contributed by atoms with Gasteiger partial charge in [0.2, 0.25) is 0 Å². The first-order valence-electron chi connectivity index (χ1n) is 7.69. The van der Waals surface area contributed by atoms with Crippen LogP contribution in [0.3, 0.4) is 0 Å². The van der Waals surface area contributed by atoms with Crippen LogP contribution in [0, 0.1) is 34.9 Å². The lowest BCUT2D eigenvalue weighted by Crippen LogP contribution is -2.25. The Morgan fingerprint density at radius 3 is 2.20 bits per heavy atom. The lowest BCUT2D eigenvalue weighted by Gasteiger charge is -2.36. The summed E-state index contributed by atoms with van der Waals surface area (Å²) in [6.45, 7) is 7.06. The van der Waals surface area contributed by atoms with Crippen LogP contribution in [-0.4, -0.2) is 0 Å². The Kier molecular flexibility index (Phi) is 4.86. The number of halogens is 1. The fourth-order valence-electron chi connectivity index (χ4n) is 3.06. The highest BCUT2D eigenvalue weighted by molar-refractivity contribution is 5.33. The van der Waals surface area contributed by atoms with Crippen LogP contribution in [0.4, 0.5) is 4.39 Å². The lowest BCUT2D eigenvalue weighted by molar-refractivity contribution is 0.151. The molecule has 0 atom stereocenters. The van der Waals surface area contributed by atoms with Crippen LogP contribution < -0.4 is 0 Å². The molecule has 0 spiro atoms. The molecule has 0 bridgehead atoms. The summed E-state index contributed by atoms with van der Waals surface area (Å²) >= 11 is 0. The molecule has 0 radical (unpaired) electrons. The van der Waals surface area contributed by atoms with Crippen molar-refractivity contribution >= 4 is 0 Å². The van der Waals surface area contributed by atoms with Gasteiger partial charge >= 0.3 is 0 Å². The molecule has 1 heteroatoms. The van der Waals surface area contributed by atoms with Gasteiger partial charge in [0.25, 0.3) is 0 Å². The lowest BCUT2D eigenvalue weighted by atomic mass is 9.69. The van der Waals surface area contributed by atoms with Gasteiger partial charge in [-0.1, -0.05) is 32.6 Å². The molecule has 20 heavy (non-hydrogen) atoms. The third-order valence-corrected chi connectivity index (χ3v) is 4.54. The van der Waals surface area contributed by atoms with Gasteiger partial charge in [0.1, 0.15) is 5.82 Å². The molecule has 0 aromatic heterocycles. The number of hydrogen-bond acceptors (Lipinski definition) is 0. The maximum absolute atomic E-state index is 12.8. The van der Waals surface area contributed by atoms with Gasteiger partial charge in [-0.3, -0.25) is 0 Å². The zero-order valence-electron chi connectivity index (χ0n) is 12.9. The van der Waals surface area contributed by atoms with Gasteiger partial charge < -0.3 is 0 Å². The zero-order valence-corrected chi connectivity index (χ0v) is 12.9. The Bertz CT molecular complexity index is 473. The molecule has 2 rings (SSSR count). The van der Waals surface area contributed by atoms with Crippen molar-refractivity contribution < 1.29 is 4.39 Å². The number of hydrogen-bond donors (Lipinski definition) is 0. The van der Waals surface area contributed by atoms with Gasteiger partial charge in [-0.05, 0) is 67.2 Å². The molecule has 0 aliphatic heterocycles. The SMILES string of the molecule is CC(C)(C)C1CCC(CC#Cc2ccc(F)cc2)CC1. The van der Waals surface area contributed by atoms with Crippen molar-refractivity contribution in [3.8, 4) is 11.8 Å². The van der Waals surface area contributed by atoms with E-state index in [1.807, 2.05) is 0 Å². The third-order valence-electron chi connectivity index (χ3n) is 4.54. The molecule has 1 aromatic rings. The zero-order chi connectivity index (χ0) is 14.6. The van der Waals surface area contributed by atoms with Crippen molar-refractivity contribution in [1.82, 2.24) is 0 Å². The Labute approximate surface area is 122 Å². The molecule has 1 saturated carbocycles. The van der Waals surface area contributed by atoms with E-state index in [0.717, 1.165) is 23.8 Å². The van der Waals surface area contributed by atoms with E-state index in [0.29, 0.717) is 5.41 Å². The van der Waals surface area contributed by atoms with Crippen molar-refractivity contribution in [2.75, 3.05) is 0 Å². The number of rotatable bonds is 1. The highest BCUT2D eigenvalue weighted by Crippen LogP contribution is 2.40. The average Bonchev–Trinajstić information content (AvgIpc) is 2.41. The summed E-state index contributed by atoms with van der Waals surface area (Å²) in [7, 11) is 0. The summed E-state index contributed by atoms with van der Waals surface area (Å²) in [6, 6.07) is 6.44. The molecule has 0 unspecified atom stereocenters. The molecule has 1 aromatic carbocycles. The van der Waals surface area contributed by atoms with E-state index in [2.05, 4.69) is 32.6 Å². The Morgan fingerprint density at radius 2 is 1.65 bits per heavy atom. The van der Waals surface area contributed by atoms with Gasteiger partial charge in [0.15, 0.2) is 0 Å². The Morgan fingerprint density at radius 1 is 1.05 bits per heavy atom. The van der Waals surface area contributed by atoms with E-state index in [1.165, 1.54) is 37.8 Å². The smallest absolute Gasteiger partial charge is 0.123 e. The Balaban J connectivity index is 1.81. The standard InChI is InChI=1S/C19H25F/c1-19(2,3)17-11-7-15(8-12-17)5-4-6-16-9-13-18(20)14-10-16/h9-10,13-15,17H,5,7-8,11-12H2,1-3H3. The predicted octanol–water partition coefficient (Wildman–Crippen LogP) is 5.42. The highest BCUT2D eigenvalue weighted by atomic mass is 19.1. The summed E-state index contributed by atoms with van der Waals surface area (Å²) in [5.41, 5.74) is 1.36. The van der Waals surface area contributed by atoms with Crippen LogP contribution in [0.2, 0.25) is 0 Å². The fourth-order valence-corrected chi connectivity index (χ4v) is 3.06. The van der Waals surface area contributed by atoms with E-state index in [-0.39, 0.29) is 5.82 Å². The monoisotopic (exact) mass is 272 g/mol. The van der Waals surface area contributed by atoms with Gasteiger partial charge in [0, 0.05) is 12.0 Å². The first-order chi connectivity index (χ1) is 9.45. The van der Waals surface area contributed by atoms with Gasteiger partial charge in [-0.2, -0.15) is 0 Å². The van der Waals surface area contributed by atoms with E-state index >= 15 is 0 Å². The molecule has 1 aliphatic carbocycles. The molecular formula is C19H25F. The topological polar surface area (TPSA) is 0 Å². The second kappa shape index (κ2) is 6.44.